The number of rotatable bonds is 3. The lowest BCUT2D eigenvalue weighted by atomic mass is 9.66. The van der Waals surface area contributed by atoms with E-state index in [1.807, 2.05) is 0 Å². The van der Waals surface area contributed by atoms with E-state index in [2.05, 4.69) is 278 Å². The van der Waals surface area contributed by atoms with Crippen molar-refractivity contribution in [2.24, 2.45) is 0 Å². The lowest BCUT2D eigenvalue weighted by Gasteiger charge is -2.39. The van der Waals surface area contributed by atoms with Crippen molar-refractivity contribution in [2.45, 2.75) is 16.2 Å². The fraction of sp³-hybridized carbons (Fsp3) is 0.0400. The third-order valence-electron chi connectivity index (χ3n) is 18.3. The molecule has 368 valence electrons. The van der Waals surface area contributed by atoms with E-state index in [1.165, 1.54) is 66.8 Å². The molecule has 3 aliphatic carbocycles. The van der Waals surface area contributed by atoms with Gasteiger partial charge in [0.05, 0.1) is 16.2 Å². The first-order valence-corrected chi connectivity index (χ1v) is 27.3. The van der Waals surface area contributed by atoms with Crippen molar-refractivity contribution in [3.63, 3.8) is 0 Å². The molecular formula is C75H45NO3. The highest BCUT2D eigenvalue weighted by atomic mass is 16.5. The van der Waals surface area contributed by atoms with Gasteiger partial charge < -0.3 is 19.1 Å². The van der Waals surface area contributed by atoms with Crippen molar-refractivity contribution < 1.29 is 14.2 Å². The van der Waals surface area contributed by atoms with Gasteiger partial charge in [-0.15, -0.1) is 0 Å². The number of nitrogens with zero attached hydrogens (tertiary/aromatic N) is 1. The molecule has 12 aromatic rings. The highest BCUT2D eigenvalue weighted by Crippen LogP contribution is 2.66. The van der Waals surface area contributed by atoms with Gasteiger partial charge in [-0.3, -0.25) is 0 Å². The molecule has 6 aliphatic rings. The van der Waals surface area contributed by atoms with Crippen LogP contribution < -0.4 is 19.1 Å². The second-order valence-electron chi connectivity index (χ2n) is 21.7. The zero-order valence-electron chi connectivity index (χ0n) is 42.7. The molecule has 0 aromatic heterocycles. The minimum absolute atomic E-state index is 0.593. The van der Waals surface area contributed by atoms with Crippen molar-refractivity contribution in [3.8, 4) is 67.9 Å². The van der Waals surface area contributed by atoms with Gasteiger partial charge >= 0.3 is 0 Å². The summed E-state index contributed by atoms with van der Waals surface area (Å²) in [7, 11) is 0. The predicted molar refractivity (Wildman–Crippen MR) is 313 cm³/mol. The molecule has 0 amide bonds. The Morgan fingerprint density at radius 3 is 0.646 bits per heavy atom. The maximum atomic E-state index is 6.73. The molecule has 0 saturated heterocycles. The standard InChI is InChI=1S/C75H45NO3/c1-4-22-55-49(19-1)52-43-46(37-40-58(52)73(55)61-25-7-13-31-67(61)77-68-32-14-8-26-62(68)73)76(47-38-41-59-53(44-47)50-20-2-5-23-56(50)74(59)63-27-9-15-33-69(63)78-70-34-16-10-28-64(70)74)48-39-42-60-54(45-48)51-21-3-6-24-57(51)75(60)65-29-11-17-35-71(65)79-72-36-18-12-30-66(72)75/h1-45H. The molecule has 0 atom stereocenters. The quantitative estimate of drug-likeness (QED) is 0.176. The first-order valence-electron chi connectivity index (χ1n) is 27.3. The van der Waals surface area contributed by atoms with Crippen LogP contribution in [-0.2, 0) is 16.2 Å². The normalized spacial score (nSPS) is 15.2. The zero-order chi connectivity index (χ0) is 51.6. The molecule has 0 radical (unpaired) electrons. The van der Waals surface area contributed by atoms with Gasteiger partial charge in [0, 0.05) is 50.4 Å². The second-order valence-corrected chi connectivity index (χ2v) is 21.7. The van der Waals surface area contributed by atoms with E-state index in [0.717, 1.165) is 84.9 Å². The van der Waals surface area contributed by atoms with Crippen LogP contribution in [0.3, 0.4) is 0 Å². The Hall–Kier alpha value is -10.2. The third-order valence-corrected chi connectivity index (χ3v) is 18.3. The van der Waals surface area contributed by atoms with E-state index < -0.39 is 16.2 Å². The summed E-state index contributed by atoms with van der Waals surface area (Å²) < 4.78 is 20.2. The number of anilines is 3. The largest absolute Gasteiger partial charge is 0.457 e. The van der Waals surface area contributed by atoms with Gasteiger partial charge in [-0.1, -0.05) is 200 Å². The number of benzene rings is 12. The molecule has 4 nitrogen and oxygen atoms in total. The Balaban J connectivity index is 0.905. The van der Waals surface area contributed by atoms with Crippen LogP contribution in [0.4, 0.5) is 17.1 Å². The molecule has 0 unspecified atom stereocenters. The van der Waals surface area contributed by atoms with Gasteiger partial charge in [-0.25, -0.2) is 0 Å². The highest BCUT2D eigenvalue weighted by molar-refractivity contribution is 5.97. The second kappa shape index (κ2) is 15.5. The molecule has 3 aliphatic heterocycles. The average molecular weight is 1010 g/mol. The fourth-order valence-corrected chi connectivity index (χ4v) is 15.4. The molecule has 18 rings (SSSR count). The molecule has 0 bridgehead atoms. The van der Waals surface area contributed by atoms with E-state index in [-0.39, 0.29) is 0 Å². The smallest absolute Gasteiger partial charge is 0.132 e. The summed E-state index contributed by atoms with van der Waals surface area (Å²) in [6, 6.07) is 100. The molecule has 0 N–H and O–H groups in total. The number of ether oxygens (including phenoxy) is 3. The molecule has 0 fully saturated rings. The van der Waals surface area contributed by atoms with Crippen molar-refractivity contribution in [2.75, 3.05) is 4.90 Å². The summed E-state index contributed by atoms with van der Waals surface area (Å²) in [5.74, 6) is 5.29. The highest BCUT2D eigenvalue weighted by Gasteiger charge is 2.54. The zero-order valence-corrected chi connectivity index (χ0v) is 42.7. The SMILES string of the molecule is c1ccc2c(c1)Oc1ccccc1C21c2ccccc2-c2cc(N(c3ccc4c(c3)-c3ccccc3C43c4ccccc4Oc4ccccc43)c3ccc4c(c3)-c3ccccc3C43c4ccccc4Oc4ccccc43)ccc21. The Labute approximate surface area is 457 Å². The first kappa shape index (κ1) is 43.0. The number of fused-ring (bicyclic) bond motifs is 27. The monoisotopic (exact) mass is 1010 g/mol. The van der Waals surface area contributed by atoms with Gasteiger partial charge in [0.2, 0.25) is 0 Å². The van der Waals surface area contributed by atoms with Gasteiger partial charge in [-0.05, 0) is 140 Å². The van der Waals surface area contributed by atoms with Crippen molar-refractivity contribution in [1.82, 2.24) is 0 Å². The van der Waals surface area contributed by atoms with Gasteiger partial charge in [0.15, 0.2) is 0 Å². The Morgan fingerprint density at radius 2 is 0.392 bits per heavy atom. The maximum Gasteiger partial charge on any atom is 0.132 e. The average Bonchev–Trinajstić information content (AvgIpc) is 3.85. The Morgan fingerprint density at radius 1 is 0.190 bits per heavy atom. The fourth-order valence-electron chi connectivity index (χ4n) is 15.4. The molecule has 4 heteroatoms. The summed E-state index contributed by atoms with van der Waals surface area (Å²) in [5.41, 5.74) is 23.0. The minimum Gasteiger partial charge on any atom is -0.457 e. The number of hydrogen-bond donors (Lipinski definition) is 0. The summed E-state index contributed by atoms with van der Waals surface area (Å²) in [5, 5.41) is 0. The Bertz CT molecular complexity index is 4040. The third kappa shape index (κ3) is 5.29. The number of hydrogen-bond acceptors (Lipinski definition) is 4. The van der Waals surface area contributed by atoms with Crippen molar-refractivity contribution >= 4 is 17.1 Å². The molecular weight excluding hydrogens is 963 g/mol. The van der Waals surface area contributed by atoms with Gasteiger partial charge in [-0.2, -0.15) is 0 Å². The van der Waals surface area contributed by atoms with E-state index in [0.29, 0.717) is 0 Å². The van der Waals surface area contributed by atoms with Crippen LogP contribution in [0.15, 0.2) is 273 Å². The minimum atomic E-state index is -0.593. The summed E-state index contributed by atoms with van der Waals surface area (Å²) in [6.45, 7) is 0. The van der Waals surface area contributed by atoms with Crippen molar-refractivity contribution in [3.05, 3.63) is 340 Å². The van der Waals surface area contributed by atoms with Gasteiger partial charge in [0.1, 0.15) is 34.5 Å². The molecule has 0 saturated carbocycles. The van der Waals surface area contributed by atoms with Crippen LogP contribution in [0.25, 0.3) is 33.4 Å². The summed E-state index contributed by atoms with van der Waals surface area (Å²) in [4.78, 5) is 2.50. The summed E-state index contributed by atoms with van der Waals surface area (Å²) >= 11 is 0. The number of para-hydroxylation sites is 6. The van der Waals surface area contributed by atoms with Gasteiger partial charge in [0.25, 0.3) is 0 Å². The summed E-state index contributed by atoms with van der Waals surface area (Å²) in [6.07, 6.45) is 0. The first-order chi connectivity index (χ1) is 39.2. The van der Waals surface area contributed by atoms with Crippen molar-refractivity contribution in [1.29, 1.82) is 0 Å². The topological polar surface area (TPSA) is 30.9 Å². The maximum absolute atomic E-state index is 6.73. The molecule has 3 heterocycles. The van der Waals surface area contributed by atoms with E-state index in [1.54, 1.807) is 0 Å². The van der Waals surface area contributed by atoms with Crippen LogP contribution in [0, 0.1) is 0 Å². The van der Waals surface area contributed by atoms with Crippen LogP contribution in [0.2, 0.25) is 0 Å². The predicted octanol–water partition coefficient (Wildman–Crippen LogP) is 18.6. The molecule has 12 aromatic carbocycles. The van der Waals surface area contributed by atoms with Crippen LogP contribution in [-0.4, -0.2) is 0 Å². The van der Waals surface area contributed by atoms with Crippen LogP contribution in [0.5, 0.6) is 34.5 Å². The lowest BCUT2D eigenvalue weighted by molar-refractivity contribution is 0.436. The van der Waals surface area contributed by atoms with Crippen LogP contribution >= 0.6 is 0 Å². The molecule has 79 heavy (non-hydrogen) atoms. The van der Waals surface area contributed by atoms with E-state index >= 15 is 0 Å². The van der Waals surface area contributed by atoms with Crippen LogP contribution in [0.1, 0.15) is 66.8 Å². The lowest BCUT2D eigenvalue weighted by Crippen LogP contribution is -2.32. The Kier molecular flexibility index (Phi) is 8.44. The van der Waals surface area contributed by atoms with E-state index in [4.69, 9.17) is 14.2 Å². The van der Waals surface area contributed by atoms with E-state index in [9.17, 15) is 0 Å². The molecule has 3 spiro atoms.